The molecule has 1 saturated heterocycles. The van der Waals surface area contributed by atoms with E-state index in [1.807, 2.05) is 18.2 Å². The number of H-pyrrole nitrogens is 1. The highest BCUT2D eigenvalue weighted by Crippen LogP contribution is 2.49. The lowest BCUT2D eigenvalue weighted by Crippen LogP contribution is -2.37. The molecule has 8 nitrogen and oxygen atoms in total. The smallest absolute Gasteiger partial charge is 0.328 e. The number of aromatic amines is 1. The molecule has 1 aliphatic carbocycles. The van der Waals surface area contributed by atoms with Crippen LogP contribution in [-0.4, -0.2) is 33.9 Å². The normalized spacial score (nSPS) is 22.5. The Labute approximate surface area is 204 Å². The van der Waals surface area contributed by atoms with Gasteiger partial charge in [0.15, 0.2) is 11.5 Å². The Morgan fingerprint density at radius 3 is 3.03 bits per heavy atom. The maximum Gasteiger partial charge on any atom is 0.328 e. The van der Waals surface area contributed by atoms with Crippen LogP contribution in [0.4, 0.5) is 0 Å². The topological polar surface area (TPSA) is 98.2 Å². The van der Waals surface area contributed by atoms with Gasteiger partial charge in [0.2, 0.25) is 6.79 Å². The number of nitrogens with one attached hydrogen (secondary N) is 2. The highest BCUT2D eigenvalue weighted by molar-refractivity contribution is 7.25. The molecule has 1 aromatic carbocycles. The molecule has 3 aromatic heterocycles. The summed E-state index contributed by atoms with van der Waals surface area (Å²) in [4.78, 5) is 33.3. The summed E-state index contributed by atoms with van der Waals surface area (Å²) in [5, 5.41) is 3.67. The third-order valence-corrected chi connectivity index (χ3v) is 8.55. The minimum Gasteiger partial charge on any atom is -0.454 e. The van der Waals surface area contributed by atoms with Crippen molar-refractivity contribution in [3.8, 4) is 11.5 Å². The molecule has 0 spiro atoms. The molecule has 34 heavy (non-hydrogen) atoms. The van der Waals surface area contributed by atoms with E-state index < -0.39 is 0 Å². The minimum atomic E-state index is -0.375. The van der Waals surface area contributed by atoms with Crippen molar-refractivity contribution >= 4 is 44.2 Å². The van der Waals surface area contributed by atoms with Gasteiger partial charge in [0.1, 0.15) is 10.2 Å². The van der Waals surface area contributed by atoms with Crippen molar-refractivity contribution in [3.05, 3.63) is 62.4 Å². The SMILES string of the molecule is Cl.O=c1[nH]c2c(sc3cccnc32)c(=O)n1CCC1NC[C@@H]2CCc3c(ccc4c3OCO4)[C@H]12. The number of thiophene rings is 1. The van der Waals surface area contributed by atoms with Crippen molar-refractivity contribution in [1.82, 2.24) is 19.9 Å². The van der Waals surface area contributed by atoms with Crippen LogP contribution in [0.1, 0.15) is 29.9 Å². The molecule has 7 rings (SSSR count). The van der Waals surface area contributed by atoms with Crippen molar-refractivity contribution in [2.24, 2.45) is 5.92 Å². The fourth-order valence-corrected chi connectivity index (χ4v) is 6.99. The highest BCUT2D eigenvalue weighted by atomic mass is 35.5. The van der Waals surface area contributed by atoms with Crippen molar-refractivity contribution in [1.29, 1.82) is 0 Å². The largest absolute Gasteiger partial charge is 0.454 e. The minimum absolute atomic E-state index is 0. The lowest BCUT2D eigenvalue weighted by molar-refractivity contribution is 0.173. The van der Waals surface area contributed by atoms with Gasteiger partial charge >= 0.3 is 5.69 Å². The van der Waals surface area contributed by atoms with Crippen molar-refractivity contribution < 1.29 is 9.47 Å². The Morgan fingerprint density at radius 2 is 2.12 bits per heavy atom. The van der Waals surface area contributed by atoms with Crippen LogP contribution in [0, 0.1) is 5.92 Å². The first-order chi connectivity index (χ1) is 16.2. The first-order valence-electron chi connectivity index (χ1n) is 11.3. The Bertz CT molecular complexity index is 1540. The number of hydrogen-bond acceptors (Lipinski definition) is 7. The van der Waals surface area contributed by atoms with E-state index in [2.05, 4.69) is 21.4 Å². The van der Waals surface area contributed by atoms with Crippen molar-refractivity contribution in [3.63, 3.8) is 0 Å². The van der Waals surface area contributed by atoms with E-state index in [1.54, 1.807) is 6.20 Å². The maximum atomic E-state index is 13.2. The van der Waals surface area contributed by atoms with E-state index in [0.29, 0.717) is 40.5 Å². The molecule has 1 fully saturated rings. The molecule has 2 aliphatic heterocycles. The molecule has 3 aliphatic rings. The van der Waals surface area contributed by atoms with Gasteiger partial charge in [-0.1, -0.05) is 6.07 Å². The van der Waals surface area contributed by atoms with E-state index in [9.17, 15) is 9.59 Å². The number of ether oxygens (including phenoxy) is 2. The molecule has 5 heterocycles. The first-order valence-corrected chi connectivity index (χ1v) is 12.2. The second-order valence-electron chi connectivity index (χ2n) is 9.04. The molecule has 0 amide bonds. The van der Waals surface area contributed by atoms with Crippen molar-refractivity contribution in [2.45, 2.75) is 37.8 Å². The Morgan fingerprint density at radius 1 is 1.21 bits per heavy atom. The van der Waals surface area contributed by atoms with Gasteiger partial charge in [-0.25, -0.2) is 4.79 Å². The number of pyridine rings is 1. The van der Waals surface area contributed by atoms with Gasteiger partial charge in [0.25, 0.3) is 5.56 Å². The van der Waals surface area contributed by atoms with Crippen LogP contribution < -0.4 is 26.0 Å². The number of rotatable bonds is 3. The summed E-state index contributed by atoms with van der Waals surface area (Å²) in [5.74, 6) is 2.62. The standard InChI is InChI=1S/C24H22N4O4S.ClH/c29-23-22-20(19-17(33-22)2-1-8-25-19)27-24(30)28(23)9-7-15-18-12(10-26-15)3-4-14-13(18)5-6-16-21(14)32-11-31-16;/h1-2,5-6,8,12,15,18,26H,3-4,7,9-11H2,(H,27,30);1H/t12-,15?,18+;/m0./s1. The molecule has 0 radical (unpaired) electrons. The third-order valence-electron chi connectivity index (χ3n) is 7.41. The van der Waals surface area contributed by atoms with E-state index >= 15 is 0 Å². The van der Waals surface area contributed by atoms with Crippen LogP contribution in [0.5, 0.6) is 11.5 Å². The molecule has 3 atom stereocenters. The van der Waals surface area contributed by atoms with E-state index in [1.165, 1.54) is 27.0 Å². The average molecular weight is 499 g/mol. The van der Waals surface area contributed by atoms with Gasteiger partial charge in [-0.2, -0.15) is 0 Å². The van der Waals surface area contributed by atoms with Gasteiger partial charge in [-0.3, -0.25) is 14.3 Å². The van der Waals surface area contributed by atoms with Crippen LogP contribution in [0.15, 0.2) is 40.1 Å². The van der Waals surface area contributed by atoms with Gasteiger partial charge < -0.3 is 19.8 Å². The zero-order valence-corrected chi connectivity index (χ0v) is 19.8. The lowest BCUT2D eigenvalue weighted by atomic mass is 9.73. The Hall–Kier alpha value is -2.88. The number of halogens is 1. The second-order valence-corrected chi connectivity index (χ2v) is 10.1. The van der Waals surface area contributed by atoms with E-state index in [4.69, 9.17) is 9.47 Å². The summed E-state index contributed by atoms with van der Waals surface area (Å²) in [6, 6.07) is 8.14. The summed E-state index contributed by atoms with van der Waals surface area (Å²) < 4.78 is 14.1. The van der Waals surface area contributed by atoms with Crippen LogP contribution in [0.2, 0.25) is 0 Å². The van der Waals surface area contributed by atoms with Crippen LogP contribution in [-0.2, 0) is 13.0 Å². The molecular formula is C24H23ClN4O4S. The highest BCUT2D eigenvalue weighted by Gasteiger charge is 2.41. The monoisotopic (exact) mass is 498 g/mol. The van der Waals surface area contributed by atoms with Crippen LogP contribution in [0.3, 0.4) is 0 Å². The zero-order chi connectivity index (χ0) is 22.1. The van der Waals surface area contributed by atoms with Crippen LogP contribution in [0.25, 0.3) is 20.4 Å². The summed E-state index contributed by atoms with van der Waals surface area (Å²) in [6.45, 7) is 1.60. The Kier molecular flexibility index (Phi) is 5.16. The van der Waals surface area contributed by atoms with Gasteiger partial charge in [0.05, 0.1) is 10.2 Å². The summed E-state index contributed by atoms with van der Waals surface area (Å²) in [6.07, 6.45) is 4.47. The van der Waals surface area contributed by atoms with Gasteiger partial charge in [0, 0.05) is 30.3 Å². The molecule has 0 saturated carbocycles. The molecule has 2 N–H and O–H groups in total. The average Bonchev–Trinajstić information content (AvgIpc) is 3.55. The predicted molar refractivity (Wildman–Crippen MR) is 133 cm³/mol. The maximum absolute atomic E-state index is 13.2. The number of hydrogen-bond donors (Lipinski definition) is 2. The molecular weight excluding hydrogens is 476 g/mol. The number of nitrogens with zero attached hydrogens (tertiary/aromatic N) is 2. The molecule has 0 bridgehead atoms. The summed E-state index contributed by atoms with van der Waals surface area (Å²) in [5.41, 5.74) is 3.18. The number of fused-ring (bicyclic) bond motifs is 8. The van der Waals surface area contributed by atoms with E-state index in [-0.39, 0.29) is 36.5 Å². The molecule has 176 valence electrons. The van der Waals surface area contributed by atoms with Crippen molar-refractivity contribution in [2.75, 3.05) is 13.3 Å². The lowest BCUT2D eigenvalue weighted by Gasteiger charge is -2.31. The van der Waals surface area contributed by atoms with Gasteiger partial charge in [-0.05, 0) is 55.5 Å². The fourth-order valence-electron chi connectivity index (χ4n) is 5.92. The zero-order valence-electron chi connectivity index (χ0n) is 18.2. The second kappa shape index (κ2) is 8.11. The number of aromatic nitrogens is 3. The third kappa shape index (κ3) is 3.10. The molecule has 10 heteroatoms. The van der Waals surface area contributed by atoms with Crippen LogP contribution >= 0.6 is 23.7 Å². The van der Waals surface area contributed by atoms with E-state index in [0.717, 1.165) is 35.6 Å². The Balaban J connectivity index is 0.00000217. The summed E-state index contributed by atoms with van der Waals surface area (Å²) in [7, 11) is 0. The quantitative estimate of drug-likeness (QED) is 0.450. The van der Waals surface area contributed by atoms with Gasteiger partial charge in [-0.15, -0.1) is 23.7 Å². The summed E-state index contributed by atoms with van der Waals surface area (Å²) >= 11 is 1.38. The number of benzene rings is 1. The first kappa shape index (κ1) is 21.6. The molecule has 4 aromatic rings. The fraction of sp³-hybridized carbons (Fsp3) is 0.375. The predicted octanol–water partition coefficient (Wildman–Crippen LogP) is 3.16. The molecule has 1 unspecified atom stereocenters.